The molecule has 0 saturated carbocycles. The number of likely N-dealkylation sites (N-methyl/N-ethyl adjacent to an activating group) is 1. The summed E-state index contributed by atoms with van der Waals surface area (Å²) in [5.74, 6) is -0.702. The van der Waals surface area contributed by atoms with Gasteiger partial charge in [-0.1, -0.05) is 17.7 Å². The third kappa shape index (κ3) is 2.71. The molecule has 5 heteroatoms. The molecule has 0 aliphatic rings. The van der Waals surface area contributed by atoms with Gasteiger partial charge in [0.1, 0.15) is 5.82 Å². The molecule has 1 rings (SSSR count). The lowest BCUT2D eigenvalue weighted by Crippen LogP contribution is -2.31. The van der Waals surface area contributed by atoms with Crippen LogP contribution in [-0.2, 0) is 4.79 Å². The van der Waals surface area contributed by atoms with Crippen LogP contribution in [-0.4, -0.2) is 29.6 Å². The van der Waals surface area contributed by atoms with Crippen molar-refractivity contribution < 1.29 is 14.3 Å². The van der Waals surface area contributed by atoms with Gasteiger partial charge >= 0.3 is 0 Å². The van der Waals surface area contributed by atoms with Gasteiger partial charge in [0.15, 0.2) is 0 Å². The van der Waals surface area contributed by atoms with E-state index in [1.54, 1.807) is 7.05 Å². The first-order chi connectivity index (χ1) is 7.47. The molecule has 0 heterocycles. The zero-order chi connectivity index (χ0) is 12.3. The van der Waals surface area contributed by atoms with Crippen LogP contribution in [0.2, 0.25) is 5.02 Å². The summed E-state index contributed by atoms with van der Waals surface area (Å²) in [7, 11) is 1.57. The number of aliphatic hydroxyl groups excluding tert-OH is 1. The van der Waals surface area contributed by atoms with Crippen molar-refractivity contribution in [3.05, 3.63) is 34.6 Å². The minimum absolute atomic E-state index is 0.0205. The Balaban J connectivity index is 3.04. The van der Waals surface area contributed by atoms with E-state index in [0.29, 0.717) is 5.56 Å². The Labute approximate surface area is 98.4 Å². The summed E-state index contributed by atoms with van der Waals surface area (Å²) in [5.41, 5.74) is 0.603. The molecule has 0 spiro atoms. The Morgan fingerprint density at radius 1 is 1.62 bits per heavy atom. The molecule has 16 heavy (non-hydrogen) atoms. The van der Waals surface area contributed by atoms with Crippen molar-refractivity contribution >= 4 is 17.5 Å². The topological polar surface area (TPSA) is 40.5 Å². The molecule has 1 unspecified atom stereocenters. The Kier molecular flexibility index (Phi) is 4.26. The SMILES string of the molecule is CC(=O)N(C)C(CO)c1ccc(F)c(Cl)c1. The zero-order valence-corrected chi connectivity index (χ0v) is 9.83. The fourth-order valence-corrected chi connectivity index (χ4v) is 1.58. The van der Waals surface area contributed by atoms with Crippen molar-refractivity contribution in [1.82, 2.24) is 4.90 Å². The summed E-state index contributed by atoms with van der Waals surface area (Å²) in [6, 6.07) is 3.63. The molecule has 1 amide bonds. The van der Waals surface area contributed by atoms with E-state index < -0.39 is 11.9 Å². The van der Waals surface area contributed by atoms with Crippen molar-refractivity contribution in [3.8, 4) is 0 Å². The summed E-state index contributed by atoms with van der Waals surface area (Å²) in [5, 5.41) is 9.21. The van der Waals surface area contributed by atoms with Gasteiger partial charge in [0.2, 0.25) is 5.91 Å². The van der Waals surface area contributed by atoms with Gasteiger partial charge in [-0.15, -0.1) is 0 Å². The number of benzene rings is 1. The molecule has 0 fully saturated rings. The Bertz CT molecular complexity index is 398. The molecule has 0 bridgehead atoms. The molecule has 3 nitrogen and oxygen atoms in total. The highest BCUT2D eigenvalue weighted by Crippen LogP contribution is 2.24. The van der Waals surface area contributed by atoms with E-state index in [0.717, 1.165) is 0 Å². The number of carbonyl (C=O) groups is 1. The van der Waals surface area contributed by atoms with Crippen LogP contribution in [0.5, 0.6) is 0 Å². The number of amides is 1. The number of halogens is 2. The zero-order valence-electron chi connectivity index (χ0n) is 9.08. The summed E-state index contributed by atoms with van der Waals surface area (Å²) >= 11 is 5.64. The number of rotatable bonds is 3. The molecule has 0 radical (unpaired) electrons. The first-order valence-corrected chi connectivity index (χ1v) is 5.14. The third-order valence-electron chi connectivity index (χ3n) is 2.47. The molecule has 1 N–H and O–H groups in total. The van der Waals surface area contributed by atoms with Crippen LogP contribution in [0.25, 0.3) is 0 Å². The summed E-state index contributed by atoms with van der Waals surface area (Å²) in [6.45, 7) is 1.16. The highest BCUT2D eigenvalue weighted by atomic mass is 35.5. The van der Waals surface area contributed by atoms with Crippen LogP contribution in [0.1, 0.15) is 18.5 Å². The predicted molar refractivity (Wildman–Crippen MR) is 59.7 cm³/mol. The van der Waals surface area contributed by atoms with Crippen LogP contribution in [0.15, 0.2) is 18.2 Å². The van der Waals surface area contributed by atoms with E-state index in [4.69, 9.17) is 11.6 Å². The summed E-state index contributed by atoms with van der Waals surface area (Å²) in [6.07, 6.45) is 0. The van der Waals surface area contributed by atoms with Gasteiger partial charge in [0.25, 0.3) is 0 Å². The van der Waals surface area contributed by atoms with Crippen molar-refractivity contribution in [2.24, 2.45) is 0 Å². The van der Waals surface area contributed by atoms with Gasteiger partial charge in [0, 0.05) is 14.0 Å². The number of hydrogen-bond donors (Lipinski definition) is 1. The van der Waals surface area contributed by atoms with Gasteiger partial charge in [-0.25, -0.2) is 4.39 Å². The lowest BCUT2D eigenvalue weighted by atomic mass is 10.1. The maximum absolute atomic E-state index is 13.0. The quantitative estimate of drug-likeness (QED) is 0.885. The summed E-state index contributed by atoms with van der Waals surface area (Å²) < 4.78 is 13.0. The Morgan fingerprint density at radius 2 is 2.25 bits per heavy atom. The van der Waals surface area contributed by atoms with Crippen molar-refractivity contribution in [2.75, 3.05) is 13.7 Å². The van der Waals surface area contributed by atoms with Crippen LogP contribution in [0.3, 0.4) is 0 Å². The molecular formula is C11H13ClFNO2. The maximum Gasteiger partial charge on any atom is 0.219 e. The van der Waals surface area contributed by atoms with Crippen molar-refractivity contribution in [3.63, 3.8) is 0 Å². The number of hydrogen-bond acceptors (Lipinski definition) is 2. The number of aliphatic hydroxyl groups is 1. The highest BCUT2D eigenvalue weighted by Gasteiger charge is 2.19. The van der Waals surface area contributed by atoms with Gasteiger partial charge in [0.05, 0.1) is 17.7 Å². The van der Waals surface area contributed by atoms with E-state index in [-0.39, 0.29) is 17.5 Å². The standard InChI is InChI=1S/C11H13ClFNO2/c1-7(16)14(2)11(6-15)8-3-4-10(13)9(12)5-8/h3-5,11,15H,6H2,1-2H3. The molecule has 1 aromatic rings. The molecule has 0 saturated heterocycles. The maximum atomic E-state index is 13.0. The molecule has 0 aliphatic carbocycles. The molecular weight excluding hydrogens is 233 g/mol. The fraction of sp³-hybridized carbons (Fsp3) is 0.364. The first-order valence-electron chi connectivity index (χ1n) is 4.76. The first kappa shape index (κ1) is 12.9. The van der Waals surface area contributed by atoms with Gasteiger partial charge in [-0.3, -0.25) is 4.79 Å². The molecule has 1 aromatic carbocycles. The minimum atomic E-state index is -0.521. The Morgan fingerprint density at radius 3 is 2.69 bits per heavy atom. The van der Waals surface area contributed by atoms with Crippen molar-refractivity contribution in [1.29, 1.82) is 0 Å². The van der Waals surface area contributed by atoms with E-state index in [9.17, 15) is 14.3 Å². The fourth-order valence-electron chi connectivity index (χ4n) is 1.39. The number of nitrogens with zero attached hydrogens (tertiary/aromatic N) is 1. The average Bonchev–Trinajstić information content (AvgIpc) is 2.24. The second-order valence-corrected chi connectivity index (χ2v) is 3.91. The van der Waals surface area contributed by atoms with E-state index in [2.05, 4.69) is 0 Å². The van der Waals surface area contributed by atoms with Crippen LogP contribution in [0, 0.1) is 5.82 Å². The van der Waals surface area contributed by atoms with E-state index >= 15 is 0 Å². The molecule has 88 valence electrons. The molecule has 0 aromatic heterocycles. The summed E-state index contributed by atoms with van der Waals surface area (Å²) in [4.78, 5) is 12.6. The molecule has 0 aliphatic heterocycles. The van der Waals surface area contributed by atoms with E-state index in [1.165, 1.54) is 30.0 Å². The Hall–Kier alpha value is -1.13. The smallest absolute Gasteiger partial charge is 0.219 e. The van der Waals surface area contributed by atoms with Gasteiger partial charge in [-0.05, 0) is 17.7 Å². The number of carbonyl (C=O) groups excluding carboxylic acids is 1. The predicted octanol–water partition coefficient (Wildman–Crippen LogP) is 1.99. The lowest BCUT2D eigenvalue weighted by Gasteiger charge is -2.26. The van der Waals surface area contributed by atoms with Gasteiger partial charge < -0.3 is 10.0 Å². The second kappa shape index (κ2) is 5.27. The van der Waals surface area contributed by atoms with Crippen LogP contribution < -0.4 is 0 Å². The second-order valence-electron chi connectivity index (χ2n) is 3.50. The monoisotopic (exact) mass is 245 g/mol. The third-order valence-corrected chi connectivity index (χ3v) is 2.76. The normalized spacial score (nSPS) is 12.3. The van der Waals surface area contributed by atoms with E-state index in [1.807, 2.05) is 0 Å². The molecule has 1 atom stereocenters. The lowest BCUT2D eigenvalue weighted by molar-refractivity contribution is -0.130. The van der Waals surface area contributed by atoms with Crippen LogP contribution in [0.4, 0.5) is 4.39 Å². The van der Waals surface area contributed by atoms with Crippen molar-refractivity contribution in [2.45, 2.75) is 13.0 Å². The van der Waals surface area contributed by atoms with Gasteiger partial charge in [-0.2, -0.15) is 0 Å². The largest absolute Gasteiger partial charge is 0.394 e. The van der Waals surface area contributed by atoms with Crippen LogP contribution >= 0.6 is 11.6 Å². The highest BCUT2D eigenvalue weighted by molar-refractivity contribution is 6.30. The minimum Gasteiger partial charge on any atom is -0.394 e. The average molecular weight is 246 g/mol.